The number of carbonyl (C=O) groups is 1. The Balaban J connectivity index is 1.91. The van der Waals surface area contributed by atoms with Gasteiger partial charge in [0.1, 0.15) is 5.82 Å². The summed E-state index contributed by atoms with van der Waals surface area (Å²) in [6.45, 7) is 0. The first-order valence-electron chi connectivity index (χ1n) is 6.76. The van der Waals surface area contributed by atoms with E-state index >= 15 is 0 Å². The maximum absolute atomic E-state index is 13.9. The molecular weight excluding hydrogens is 349 g/mol. The summed E-state index contributed by atoms with van der Waals surface area (Å²) >= 11 is 8.09. The number of thioether (sulfide) groups is 2. The van der Waals surface area contributed by atoms with Crippen molar-refractivity contribution in [3.63, 3.8) is 0 Å². The number of para-hydroxylation sites is 1. The van der Waals surface area contributed by atoms with Crippen molar-refractivity contribution >= 4 is 57.7 Å². The van der Waals surface area contributed by atoms with Crippen molar-refractivity contribution in [3.05, 3.63) is 64.8 Å². The van der Waals surface area contributed by atoms with Gasteiger partial charge < -0.3 is 0 Å². The van der Waals surface area contributed by atoms with Crippen LogP contribution < -0.4 is 4.90 Å². The minimum atomic E-state index is -0.464. The lowest BCUT2D eigenvalue weighted by molar-refractivity contribution is -0.113. The quantitative estimate of drug-likeness (QED) is 0.437. The van der Waals surface area contributed by atoms with Crippen LogP contribution in [-0.2, 0) is 4.79 Å². The summed E-state index contributed by atoms with van der Waals surface area (Å²) in [5, 5.41) is 0. The number of hydrogen-bond acceptors (Lipinski definition) is 4. The van der Waals surface area contributed by atoms with Crippen LogP contribution >= 0.6 is 35.7 Å². The van der Waals surface area contributed by atoms with Crippen molar-refractivity contribution in [2.24, 2.45) is 0 Å². The van der Waals surface area contributed by atoms with Gasteiger partial charge in [-0.05, 0) is 42.2 Å². The van der Waals surface area contributed by atoms with E-state index in [2.05, 4.69) is 0 Å². The highest BCUT2D eigenvalue weighted by Gasteiger charge is 2.34. The highest BCUT2D eigenvalue weighted by molar-refractivity contribution is 8.27. The van der Waals surface area contributed by atoms with E-state index in [1.54, 1.807) is 36.0 Å². The minimum Gasteiger partial charge on any atom is -0.268 e. The van der Waals surface area contributed by atoms with Gasteiger partial charge >= 0.3 is 0 Å². The van der Waals surface area contributed by atoms with Crippen molar-refractivity contribution in [2.45, 2.75) is 4.90 Å². The summed E-state index contributed by atoms with van der Waals surface area (Å²) in [6, 6.07) is 14.0. The first-order chi connectivity index (χ1) is 11.1. The van der Waals surface area contributed by atoms with Crippen molar-refractivity contribution in [2.75, 3.05) is 11.2 Å². The predicted molar refractivity (Wildman–Crippen MR) is 100 cm³/mol. The lowest BCUT2D eigenvalue weighted by atomic mass is 10.2. The Morgan fingerprint density at radius 1 is 1.17 bits per heavy atom. The van der Waals surface area contributed by atoms with E-state index in [9.17, 15) is 9.18 Å². The number of thiocarbonyl (C=S) groups is 1. The Bertz CT molecular complexity index is 802. The molecular formula is C17H12FNOS3. The third kappa shape index (κ3) is 3.34. The van der Waals surface area contributed by atoms with Crippen molar-refractivity contribution in [1.82, 2.24) is 0 Å². The van der Waals surface area contributed by atoms with E-state index in [1.165, 1.54) is 22.7 Å². The molecule has 1 amide bonds. The fourth-order valence-electron chi connectivity index (χ4n) is 2.16. The Kier molecular flexibility index (Phi) is 4.84. The van der Waals surface area contributed by atoms with Crippen LogP contribution in [0.25, 0.3) is 6.08 Å². The smallest absolute Gasteiger partial charge is 0.268 e. The van der Waals surface area contributed by atoms with Crippen molar-refractivity contribution in [1.29, 1.82) is 0 Å². The standard InChI is InChI=1S/C17H12FNOS3/c1-22-12-8-6-11(7-9-12)10-15-16(20)19(17(21)23-15)14-5-3-2-4-13(14)18/h2-10H,1H3. The third-order valence-corrected chi connectivity index (χ3v) is 5.35. The molecule has 3 rings (SSSR count). The molecule has 0 aliphatic carbocycles. The van der Waals surface area contributed by atoms with Gasteiger partial charge in [-0.2, -0.15) is 0 Å². The number of rotatable bonds is 3. The average molecular weight is 361 g/mol. The van der Waals surface area contributed by atoms with Gasteiger partial charge in [0.2, 0.25) is 0 Å². The number of halogens is 1. The van der Waals surface area contributed by atoms with Gasteiger partial charge in [0, 0.05) is 4.90 Å². The number of anilines is 1. The maximum atomic E-state index is 13.9. The normalized spacial score (nSPS) is 16.4. The molecule has 0 unspecified atom stereocenters. The molecule has 1 fully saturated rings. The molecule has 6 heteroatoms. The number of benzene rings is 2. The van der Waals surface area contributed by atoms with Gasteiger partial charge in [0.15, 0.2) is 4.32 Å². The summed E-state index contributed by atoms with van der Waals surface area (Å²) in [5.41, 5.74) is 1.10. The minimum absolute atomic E-state index is 0.191. The lowest BCUT2D eigenvalue weighted by Crippen LogP contribution is -2.28. The third-order valence-electron chi connectivity index (χ3n) is 3.30. The summed E-state index contributed by atoms with van der Waals surface area (Å²) in [7, 11) is 0. The van der Waals surface area contributed by atoms with Gasteiger partial charge in [0.25, 0.3) is 5.91 Å². The fraction of sp³-hybridized carbons (Fsp3) is 0.0588. The Hall–Kier alpha value is -1.63. The fourth-order valence-corrected chi connectivity index (χ4v) is 3.85. The molecule has 1 aliphatic rings. The summed E-state index contributed by atoms with van der Waals surface area (Å²) in [4.78, 5) is 15.5. The molecule has 0 N–H and O–H groups in total. The SMILES string of the molecule is CSc1ccc(C=C2SC(=S)N(c3ccccc3F)C2=O)cc1. The monoisotopic (exact) mass is 361 g/mol. The molecule has 116 valence electrons. The second kappa shape index (κ2) is 6.86. The molecule has 0 atom stereocenters. The summed E-state index contributed by atoms with van der Waals surface area (Å²) < 4.78 is 14.3. The second-order valence-electron chi connectivity index (χ2n) is 4.74. The van der Waals surface area contributed by atoms with Gasteiger partial charge in [-0.15, -0.1) is 11.8 Å². The zero-order chi connectivity index (χ0) is 16.4. The van der Waals surface area contributed by atoms with Crippen LogP contribution in [0.2, 0.25) is 0 Å². The predicted octanol–water partition coefficient (Wildman–Crippen LogP) is 4.95. The van der Waals surface area contributed by atoms with Crippen molar-refractivity contribution in [3.8, 4) is 0 Å². The molecule has 1 aliphatic heterocycles. The van der Waals surface area contributed by atoms with Gasteiger partial charge in [-0.25, -0.2) is 4.39 Å². The zero-order valence-electron chi connectivity index (χ0n) is 12.2. The Morgan fingerprint density at radius 2 is 1.87 bits per heavy atom. The maximum Gasteiger partial charge on any atom is 0.270 e. The largest absolute Gasteiger partial charge is 0.270 e. The van der Waals surface area contributed by atoms with E-state index in [1.807, 2.05) is 30.5 Å². The molecule has 2 aromatic carbocycles. The number of amides is 1. The van der Waals surface area contributed by atoms with E-state index in [4.69, 9.17) is 12.2 Å². The van der Waals surface area contributed by atoms with E-state index in [0.29, 0.717) is 9.23 Å². The molecule has 0 spiro atoms. The average Bonchev–Trinajstić information content (AvgIpc) is 2.83. The molecule has 1 saturated heterocycles. The Morgan fingerprint density at radius 3 is 2.52 bits per heavy atom. The van der Waals surface area contributed by atoms with Crippen LogP contribution in [0.4, 0.5) is 10.1 Å². The summed E-state index contributed by atoms with van der Waals surface area (Å²) in [6.07, 6.45) is 3.79. The molecule has 0 bridgehead atoms. The van der Waals surface area contributed by atoms with Gasteiger partial charge in [-0.1, -0.05) is 48.2 Å². The topological polar surface area (TPSA) is 20.3 Å². The molecule has 2 nitrogen and oxygen atoms in total. The van der Waals surface area contributed by atoms with Crippen LogP contribution in [0, 0.1) is 5.82 Å². The van der Waals surface area contributed by atoms with Crippen LogP contribution in [0.3, 0.4) is 0 Å². The van der Waals surface area contributed by atoms with Gasteiger partial charge in [-0.3, -0.25) is 9.69 Å². The van der Waals surface area contributed by atoms with Crippen molar-refractivity contribution < 1.29 is 9.18 Å². The summed E-state index contributed by atoms with van der Waals surface area (Å²) in [5.74, 6) is -0.756. The van der Waals surface area contributed by atoms with E-state index < -0.39 is 5.82 Å². The second-order valence-corrected chi connectivity index (χ2v) is 7.30. The first kappa shape index (κ1) is 16.2. The number of carbonyl (C=O) groups excluding carboxylic acids is 1. The molecule has 0 saturated carbocycles. The van der Waals surface area contributed by atoms with Crippen LogP contribution in [-0.4, -0.2) is 16.5 Å². The molecule has 1 heterocycles. The van der Waals surface area contributed by atoms with Gasteiger partial charge in [0.05, 0.1) is 10.6 Å². The highest BCUT2D eigenvalue weighted by atomic mass is 32.2. The first-order valence-corrected chi connectivity index (χ1v) is 9.21. The molecule has 0 aromatic heterocycles. The number of hydrogen-bond donors (Lipinski definition) is 0. The lowest BCUT2D eigenvalue weighted by Gasteiger charge is -2.14. The zero-order valence-corrected chi connectivity index (χ0v) is 14.6. The Labute approximate surface area is 147 Å². The van der Waals surface area contributed by atoms with Crippen LogP contribution in [0.1, 0.15) is 5.56 Å². The molecule has 23 heavy (non-hydrogen) atoms. The van der Waals surface area contributed by atoms with Crippen LogP contribution in [0.5, 0.6) is 0 Å². The van der Waals surface area contributed by atoms with E-state index in [-0.39, 0.29) is 11.6 Å². The highest BCUT2D eigenvalue weighted by Crippen LogP contribution is 2.37. The van der Waals surface area contributed by atoms with E-state index in [0.717, 1.165) is 10.5 Å². The molecule has 0 radical (unpaired) electrons. The molecule has 2 aromatic rings. The number of nitrogens with zero attached hydrogens (tertiary/aromatic N) is 1. The van der Waals surface area contributed by atoms with Crippen LogP contribution in [0.15, 0.2) is 58.3 Å².